The summed E-state index contributed by atoms with van der Waals surface area (Å²) in [5, 5.41) is 10.2. The number of imide groups is 1. The normalized spacial score (nSPS) is 14.3. The van der Waals surface area contributed by atoms with Crippen LogP contribution < -0.4 is 9.47 Å². The lowest BCUT2D eigenvalue weighted by Crippen LogP contribution is -2.33. The molecule has 0 aromatic heterocycles. The fourth-order valence-corrected chi connectivity index (χ4v) is 2.83. The molecule has 26 heavy (non-hydrogen) atoms. The van der Waals surface area contributed by atoms with Crippen LogP contribution in [0.3, 0.4) is 0 Å². The number of hydrogen-bond acceptors (Lipinski definition) is 5. The van der Waals surface area contributed by atoms with E-state index < -0.39 is 6.10 Å². The number of ether oxygens (including phenoxy) is 2. The largest absolute Gasteiger partial charge is 0.490 e. The topological polar surface area (TPSA) is 76.1 Å². The van der Waals surface area contributed by atoms with Crippen LogP contribution in [0.4, 0.5) is 0 Å². The Morgan fingerprint density at radius 3 is 2.04 bits per heavy atom. The smallest absolute Gasteiger partial charge is 0.261 e. The van der Waals surface area contributed by atoms with Crippen LogP contribution in [0.25, 0.3) is 0 Å². The van der Waals surface area contributed by atoms with Crippen molar-refractivity contribution in [3.8, 4) is 11.5 Å². The van der Waals surface area contributed by atoms with Gasteiger partial charge in [0.15, 0.2) is 11.5 Å². The monoisotopic (exact) mass is 355 g/mol. The molecule has 2 aromatic carbocycles. The predicted octanol–water partition coefficient (Wildman–Crippen LogP) is 2.51. The Bertz CT molecular complexity index is 769. The van der Waals surface area contributed by atoms with Gasteiger partial charge in [0.25, 0.3) is 11.8 Å². The van der Waals surface area contributed by atoms with Crippen LogP contribution in [0.15, 0.2) is 48.5 Å². The Morgan fingerprint density at radius 1 is 0.923 bits per heavy atom. The molecule has 0 radical (unpaired) electrons. The fraction of sp³-hybridized carbons (Fsp3) is 0.300. The van der Waals surface area contributed by atoms with Gasteiger partial charge in [-0.05, 0) is 37.6 Å². The summed E-state index contributed by atoms with van der Waals surface area (Å²) in [6, 6.07) is 14.0. The first kappa shape index (κ1) is 17.9. The Hall–Kier alpha value is -2.86. The van der Waals surface area contributed by atoms with Gasteiger partial charge >= 0.3 is 0 Å². The number of benzene rings is 2. The van der Waals surface area contributed by atoms with Crippen molar-refractivity contribution in [2.45, 2.75) is 19.4 Å². The zero-order chi connectivity index (χ0) is 18.5. The maximum atomic E-state index is 12.3. The molecule has 0 unspecified atom stereocenters. The van der Waals surface area contributed by atoms with Crippen LogP contribution in [0.2, 0.25) is 0 Å². The van der Waals surface area contributed by atoms with Crippen molar-refractivity contribution in [3.05, 3.63) is 59.7 Å². The van der Waals surface area contributed by atoms with Crippen molar-refractivity contribution in [2.24, 2.45) is 0 Å². The van der Waals surface area contributed by atoms with Crippen LogP contribution in [-0.4, -0.2) is 47.7 Å². The first-order chi connectivity index (χ1) is 12.6. The van der Waals surface area contributed by atoms with Gasteiger partial charge in [-0.2, -0.15) is 0 Å². The SMILES string of the molecule is CCOc1ccccc1OC[C@H](O)CCN1C(=O)c2ccccc2C1=O. The van der Waals surface area contributed by atoms with Crippen LogP contribution in [0.5, 0.6) is 11.5 Å². The molecule has 2 amide bonds. The molecule has 136 valence electrons. The summed E-state index contributed by atoms with van der Waals surface area (Å²) in [6.45, 7) is 2.59. The molecule has 0 aliphatic carbocycles. The maximum absolute atomic E-state index is 12.3. The summed E-state index contributed by atoms with van der Waals surface area (Å²) in [7, 11) is 0. The quantitative estimate of drug-likeness (QED) is 0.737. The van der Waals surface area contributed by atoms with E-state index in [0.29, 0.717) is 29.2 Å². The molecule has 0 saturated carbocycles. The molecule has 0 spiro atoms. The molecule has 0 fully saturated rings. The number of aliphatic hydroxyl groups is 1. The number of fused-ring (bicyclic) bond motifs is 1. The lowest BCUT2D eigenvalue weighted by atomic mass is 10.1. The molecular formula is C20H21NO5. The number of nitrogens with zero attached hydrogens (tertiary/aromatic N) is 1. The van der Waals surface area contributed by atoms with E-state index in [4.69, 9.17) is 9.47 Å². The third-order valence-corrected chi connectivity index (χ3v) is 4.14. The molecule has 1 heterocycles. The number of para-hydroxylation sites is 2. The summed E-state index contributed by atoms with van der Waals surface area (Å²) in [6.07, 6.45) is -0.573. The second-order valence-electron chi connectivity index (χ2n) is 5.94. The van der Waals surface area contributed by atoms with Gasteiger partial charge in [-0.3, -0.25) is 14.5 Å². The predicted molar refractivity (Wildman–Crippen MR) is 95.5 cm³/mol. The average molecular weight is 355 g/mol. The van der Waals surface area contributed by atoms with E-state index in [0.717, 1.165) is 0 Å². The lowest BCUT2D eigenvalue weighted by Gasteiger charge is -2.18. The van der Waals surface area contributed by atoms with E-state index in [1.54, 1.807) is 36.4 Å². The van der Waals surface area contributed by atoms with Crippen LogP contribution >= 0.6 is 0 Å². The molecular weight excluding hydrogens is 334 g/mol. The Morgan fingerprint density at radius 2 is 1.46 bits per heavy atom. The minimum absolute atomic E-state index is 0.0489. The summed E-state index contributed by atoms with van der Waals surface area (Å²) < 4.78 is 11.1. The first-order valence-corrected chi connectivity index (χ1v) is 8.59. The van der Waals surface area contributed by atoms with Gasteiger partial charge in [-0.25, -0.2) is 0 Å². The zero-order valence-electron chi connectivity index (χ0n) is 14.6. The van der Waals surface area contributed by atoms with E-state index >= 15 is 0 Å². The lowest BCUT2D eigenvalue weighted by molar-refractivity contribution is 0.0580. The van der Waals surface area contributed by atoms with Gasteiger partial charge in [0, 0.05) is 6.54 Å². The third-order valence-electron chi connectivity index (χ3n) is 4.14. The standard InChI is InChI=1S/C20H21NO5/c1-2-25-17-9-5-6-10-18(17)26-13-14(22)11-12-21-19(23)15-7-3-4-8-16(15)20(21)24/h3-10,14,22H,2,11-13H2,1H3/t14-/m1/s1. The number of carbonyl (C=O) groups is 2. The number of hydrogen-bond donors (Lipinski definition) is 1. The molecule has 1 aliphatic heterocycles. The summed E-state index contributed by atoms with van der Waals surface area (Å²) in [4.78, 5) is 25.8. The van der Waals surface area contributed by atoms with Crippen molar-refractivity contribution in [1.29, 1.82) is 0 Å². The highest BCUT2D eigenvalue weighted by Crippen LogP contribution is 2.27. The minimum atomic E-state index is -0.811. The van der Waals surface area contributed by atoms with E-state index in [1.165, 1.54) is 4.90 Å². The van der Waals surface area contributed by atoms with Gasteiger partial charge in [0.1, 0.15) is 6.61 Å². The fourth-order valence-electron chi connectivity index (χ4n) is 2.83. The van der Waals surface area contributed by atoms with Gasteiger partial charge in [-0.1, -0.05) is 24.3 Å². The number of amides is 2. The summed E-state index contributed by atoms with van der Waals surface area (Å²) >= 11 is 0. The van der Waals surface area contributed by atoms with Crippen molar-refractivity contribution < 1.29 is 24.2 Å². The van der Waals surface area contributed by atoms with E-state index in [-0.39, 0.29) is 31.4 Å². The third kappa shape index (κ3) is 3.70. The summed E-state index contributed by atoms with van der Waals surface area (Å²) in [5.74, 6) is 0.525. The molecule has 0 bridgehead atoms. The van der Waals surface area contributed by atoms with Crippen LogP contribution in [0.1, 0.15) is 34.1 Å². The molecule has 1 aliphatic rings. The highest BCUT2D eigenvalue weighted by Gasteiger charge is 2.34. The Labute approximate surface area is 152 Å². The van der Waals surface area contributed by atoms with E-state index in [2.05, 4.69) is 0 Å². The van der Waals surface area contributed by atoms with Crippen molar-refractivity contribution in [1.82, 2.24) is 4.90 Å². The Kier molecular flexibility index (Phi) is 5.53. The van der Waals surface area contributed by atoms with Gasteiger partial charge < -0.3 is 14.6 Å². The highest BCUT2D eigenvalue weighted by atomic mass is 16.5. The summed E-state index contributed by atoms with van der Waals surface area (Å²) in [5.41, 5.74) is 0.822. The molecule has 1 atom stereocenters. The van der Waals surface area contributed by atoms with E-state index in [1.807, 2.05) is 19.1 Å². The molecule has 2 aromatic rings. The maximum Gasteiger partial charge on any atom is 0.261 e. The molecule has 0 saturated heterocycles. The molecule has 6 heteroatoms. The van der Waals surface area contributed by atoms with Gasteiger partial charge in [0.05, 0.1) is 23.8 Å². The van der Waals surface area contributed by atoms with Crippen LogP contribution in [0, 0.1) is 0 Å². The molecule has 6 nitrogen and oxygen atoms in total. The highest BCUT2D eigenvalue weighted by molar-refractivity contribution is 6.21. The van der Waals surface area contributed by atoms with Crippen molar-refractivity contribution in [2.75, 3.05) is 19.8 Å². The molecule has 1 N–H and O–H groups in total. The second-order valence-corrected chi connectivity index (χ2v) is 5.94. The van der Waals surface area contributed by atoms with Crippen molar-refractivity contribution in [3.63, 3.8) is 0 Å². The number of rotatable bonds is 8. The van der Waals surface area contributed by atoms with Gasteiger partial charge in [0.2, 0.25) is 0 Å². The number of aliphatic hydroxyl groups excluding tert-OH is 1. The average Bonchev–Trinajstić information content (AvgIpc) is 2.90. The van der Waals surface area contributed by atoms with Gasteiger partial charge in [-0.15, -0.1) is 0 Å². The van der Waals surface area contributed by atoms with E-state index in [9.17, 15) is 14.7 Å². The zero-order valence-corrected chi connectivity index (χ0v) is 14.6. The second kappa shape index (κ2) is 8.01. The van der Waals surface area contributed by atoms with Crippen LogP contribution in [-0.2, 0) is 0 Å². The Balaban J connectivity index is 1.53. The minimum Gasteiger partial charge on any atom is -0.490 e. The van der Waals surface area contributed by atoms with Crippen molar-refractivity contribution >= 4 is 11.8 Å². The number of carbonyl (C=O) groups excluding carboxylic acids is 2. The molecule has 3 rings (SSSR count). The first-order valence-electron chi connectivity index (χ1n) is 8.59.